The van der Waals surface area contributed by atoms with Crippen molar-refractivity contribution in [3.8, 4) is 10.6 Å². The van der Waals surface area contributed by atoms with Gasteiger partial charge in [0.2, 0.25) is 0 Å². The zero-order chi connectivity index (χ0) is 19.0. The summed E-state index contributed by atoms with van der Waals surface area (Å²) in [4.78, 5) is 4.92. The SMILES string of the molecule is CCC[CH2][Sn]([CH2]CCC)([CH2]CCC)[c]1cnc(-c2ccc(C)c(C)c2)s1. The van der Waals surface area contributed by atoms with Crippen molar-refractivity contribution >= 4 is 32.6 Å². The number of thiazole rings is 1. The normalized spacial score (nSPS) is 11.9. The Hall–Kier alpha value is -0.351. The number of hydrogen-bond donors (Lipinski definition) is 0. The molecule has 1 nitrogen and oxygen atoms in total. The Morgan fingerprint density at radius 1 is 0.846 bits per heavy atom. The summed E-state index contributed by atoms with van der Waals surface area (Å²) in [6.45, 7) is 11.4. The van der Waals surface area contributed by atoms with E-state index in [1.807, 2.05) is 11.3 Å². The molecule has 26 heavy (non-hydrogen) atoms. The molecule has 0 aliphatic carbocycles. The first kappa shape index (κ1) is 21.9. The first-order valence-corrected chi connectivity index (χ1v) is 18.9. The van der Waals surface area contributed by atoms with Crippen molar-refractivity contribution in [1.29, 1.82) is 0 Å². The molecule has 1 aromatic carbocycles. The minimum atomic E-state index is -2.32. The molecule has 3 heteroatoms. The molecule has 0 saturated heterocycles. The van der Waals surface area contributed by atoms with Gasteiger partial charge in [0.1, 0.15) is 0 Å². The minimum absolute atomic E-state index is 1.24. The third-order valence-electron chi connectivity index (χ3n) is 5.81. The molecule has 144 valence electrons. The third-order valence-corrected chi connectivity index (χ3v) is 25.0. The maximum absolute atomic E-state index is 4.92. The molecule has 0 saturated carbocycles. The quantitative estimate of drug-likeness (QED) is 0.305. The second-order valence-corrected chi connectivity index (χ2v) is 23.1. The molecular formula is C23H37NSSn. The summed E-state index contributed by atoms with van der Waals surface area (Å²) in [7, 11) is 0. The van der Waals surface area contributed by atoms with Gasteiger partial charge in [0.05, 0.1) is 0 Å². The Bertz CT molecular complexity index is 655. The van der Waals surface area contributed by atoms with Crippen molar-refractivity contribution in [2.24, 2.45) is 0 Å². The Kier molecular flexibility index (Phi) is 9.15. The molecule has 0 spiro atoms. The van der Waals surface area contributed by atoms with Crippen molar-refractivity contribution in [2.75, 3.05) is 0 Å². The summed E-state index contributed by atoms with van der Waals surface area (Å²) in [6, 6.07) is 6.82. The molecule has 0 N–H and O–H groups in total. The number of rotatable bonds is 11. The van der Waals surface area contributed by atoms with Crippen LogP contribution in [0.1, 0.15) is 70.4 Å². The Morgan fingerprint density at radius 3 is 1.92 bits per heavy atom. The molecule has 2 rings (SSSR count). The van der Waals surface area contributed by atoms with E-state index in [0.717, 1.165) is 0 Å². The molecule has 0 bridgehead atoms. The van der Waals surface area contributed by atoms with Gasteiger partial charge in [-0.3, -0.25) is 0 Å². The van der Waals surface area contributed by atoms with Crippen LogP contribution in [0.25, 0.3) is 10.6 Å². The number of hydrogen-bond acceptors (Lipinski definition) is 2. The van der Waals surface area contributed by atoms with Crippen LogP contribution in [-0.2, 0) is 0 Å². The molecule has 0 unspecified atom stereocenters. The van der Waals surface area contributed by atoms with Gasteiger partial charge in [0.25, 0.3) is 0 Å². The van der Waals surface area contributed by atoms with Crippen LogP contribution in [0, 0.1) is 13.8 Å². The van der Waals surface area contributed by atoms with Gasteiger partial charge in [-0.15, -0.1) is 0 Å². The summed E-state index contributed by atoms with van der Waals surface area (Å²) in [6.07, 6.45) is 10.5. The first-order valence-electron chi connectivity index (χ1n) is 10.6. The van der Waals surface area contributed by atoms with Crippen LogP contribution in [0.4, 0.5) is 0 Å². The summed E-state index contributed by atoms with van der Waals surface area (Å²) in [5, 5.41) is 1.24. The fourth-order valence-corrected chi connectivity index (χ4v) is 23.5. The number of benzene rings is 1. The van der Waals surface area contributed by atoms with E-state index in [1.54, 1.807) is 2.89 Å². The molecule has 0 atom stereocenters. The van der Waals surface area contributed by atoms with Crippen LogP contribution in [-0.4, -0.2) is 23.4 Å². The van der Waals surface area contributed by atoms with Crippen molar-refractivity contribution in [1.82, 2.24) is 4.98 Å². The van der Waals surface area contributed by atoms with E-state index in [9.17, 15) is 0 Å². The predicted octanol–water partition coefficient (Wildman–Crippen LogP) is 7.48. The maximum atomic E-state index is 4.92. The summed E-state index contributed by atoms with van der Waals surface area (Å²) < 4.78 is 6.32. The molecule has 0 amide bonds. The van der Waals surface area contributed by atoms with Gasteiger partial charge in [-0.1, -0.05) is 0 Å². The van der Waals surface area contributed by atoms with Crippen LogP contribution in [0.2, 0.25) is 13.3 Å². The number of aromatic nitrogens is 1. The fourth-order valence-electron chi connectivity index (χ4n) is 3.82. The van der Waals surface area contributed by atoms with Crippen molar-refractivity contribution < 1.29 is 0 Å². The number of unbranched alkanes of at least 4 members (excludes halogenated alkanes) is 3. The van der Waals surface area contributed by atoms with Crippen LogP contribution in [0.5, 0.6) is 0 Å². The Morgan fingerprint density at radius 2 is 1.42 bits per heavy atom. The van der Waals surface area contributed by atoms with Gasteiger partial charge >= 0.3 is 170 Å². The van der Waals surface area contributed by atoms with Gasteiger partial charge in [-0.25, -0.2) is 0 Å². The van der Waals surface area contributed by atoms with Gasteiger partial charge in [-0.2, -0.15) is 0 Å². The Labute approximate surface area is 169 Å². The summed E-state index contributed by atoms with van der Waals surface area (Å²) >= 11 is -0.275. The average Bonchev–Trinajstić information content (AvgIpc) is 3.14. The summed E-state index contributed by atoms with van der Waals surface area (Å²) in [5.74, 6) is 0. The van der Waals surface area contributed by atoms with E-state index in [-0.39, 0.29) is 0 Å². The number of nitrogens with zero attached hydrogens (tertiary/aromatic N) is 1. The van der Waals surface area contributed by atoms with E-state index in [4.69, 9.17) is 4.98 Å². The van der Waals surface area contributed by atoms with Crippen LogP contribution < -0.4 is 2.89 Å². The molecule has 0 fully saturated rings. The van der Waals surface area contributed by atoms with Gasteiger partial charge in [0.15, 0.2) is 0 Å². The van der Waals surface area contributed by atoms with Crippen molar-refractivity contribution in [3.63, 3.8) is 0 Å². The molecular weight excluding hydrogens is 441 g/mol. The molecule has 2 aromatic rings. The first-order chi connectivity index (χ1) is 12.6. The molecule has 0 radical (unpaired) electrons. The van der Waals surface area contributed by atoms with Crippen molar-refractivity contribution in [3.05, 3.63) is 35.5 Å². The standard InChI is InChI=1S/C11H10NS.3C4H9.Sn/c1-8-3-4-10(7-9(8)2)11-12-5-6-13-11;3*1-3-4-2;/h3-5,7H,1-2H3;3*1,3-4H2,2H3;. The Balaban J connectivity index is 2.36. The second-order valence-electron chi connectivity index (χ2n) is 7.92. The van der Waals surface area contributed by atoms with E-state index in [2.05, 4.69) is 59.0 Å². The van der Waals surface area contributed by atoms with Gasteiger partial charge in [-0.05, 0) is 0 Å². The molecule has 0 aliphatic heterocycles. The van der Waals surface area contributed by atoms with E-state index in [1.165, 1.54) is 73.5 Å². The molecule has 1 aromatic heterocycles. The average molecular weight is 478 g/mol. The fraction of sp³-hybridized carbons (Fsp3) is 0.609. The van der Waals surface area contributed by atoms with E-state index in [0.29, 0.717) is 0 Å². The third kappa shape index (κ3) is 5.57. The predicted molar refractivity (Wildman–Crippen MR) is 122 cm³/mol. The molecule has 1 heterocycles. The van der Waals surface area contributed by atoms with E-state index >= 15 is 0 Å². The zero-order valence-electron chi connectivity index (χ0n) is 17.5. The zero-order valence-corrected chi connectivity index (χ0v) is 21.2. The topological polar surface area (TPSA) is 12.9 Å². The second kappa shape index (κ2) is 10.8. The van der Waals surface area contributed by atoms with Crippen molar-refractivity contribution in [2.45, 2.75) is 86.5 Å². The monoisotopic (exact) mass is 479 g/mol. The van der Waals surface area contributed by atoms with Crippen LogP contribution in [0.3, 0.4) is 0 Å². The molecule has 0 aliphatic rings. The number of aryl methyl sites for hydroxylation is 2. The van der Waals surface area contributed by atoms with E-state index < -0.39 is 18.4 Å². The van der Waals surface area contributed by atoms with Crippen LogP contribution in [0.15, 0.2) is 24.4 Å². The summed E-state index contributed by atoms with van der Waals surface area (Å²) in [5.41, 5.74) is 4.05. The van der Waals surface area contributed by atoms with Crippen LogP contribution >= 0.6 is 11.3 Å². The van der Waals surface area contributed by atoms with Gasteiger partial charge in [0, 0.05) is 0 Å². The van der Waals surface area contributed by atoms with Gasteiger partial charge < -0.3 is 0 Å².